The minimum Gasteiger partial charge on any atom is -0.392 e. The van der Waals surface area contributed by atoms with Gasteiger partial charge in [-0.2, -0.15) is 10.2 Å². The number of piperidine rings is 1. The summed E-state index contributed by atoms with van der Waals surface area (Å²) < 4.78 is 5.89. The second-order valence-corrected chi connectivity index (χ2v) is 11.7. The highest BCUT2D eigenvalue weighted by Crippen LogP contribution is 2.32. The lowest BCUT2D eigenvalue weighted by Gasteiger charge is -2.37. The second-order valence-electron chi connectivity index (χ2n) is 11.2. The van der Waals surface area contributed by atoms with E-state index in [-0.39, 0.29) is 17.5 Å². The van der Waals surface area contributed by atoms with Crippen molar-refractivity contribution in [3.8, 4) is 0 Å². The van der Waals surface area contributed by atoms with E-state index in [0.717, 1.165) is 58.2 Å². The average molecular weight is 599 g/mol. The second kappa shape index (κ2) is 13.6. The number of aromatic amines is 2. The average Bonchev–Trinajstić information content (AvgIpc) is 3.48. The predicted octanol–water partition coefficient (Wildman–Crippen LogP) is 4.05. The Morgan fingerprint density at radius 3 is 2.69 bits per heavy atom. The molecule has 2 amide bonds. The molecule has 0 atom stereocenters. The lowest BCUT2D eigenvalue weighted by molar-refractivity contribution is 0.0272. The van der Waals surface area contributed by atoms with Crippen LogP contribution in [0.15, 0.2) is 35.0 Å². The highest BCUT2D eigenvalue weighted by molar-refractivity contribution is 6.35. The molecule has 1 aliphatic heterocycles. The first-order chi connectivity index (χ1) is 20.1. The van der Waals surface area contributed by atoms with Crippen molar-refractivity contribution in [1.82, 2.24) is 40.8 Å². The maximum Gasteiger partial charge on any atom is 0.317 e. The Labute approximate surface area is 252 Å². The first-order valence-corrected chi connectivity index (χ1v) is 14.9. The van der Waals surface area contributed by atoms with E-state index in [1.807, 2.05) is 57.2 Å². The first-order valence-electron chi connectivity index (χ1n) is 14.5. The number of halogens is 1. The number of nitrogens with one attached hydrogen (secondary N) is 4. The van der Waals surface area contributed by atoms with Crippen molar-refractivity contribution < 1.29 is 9.53 Å². The molecule has 3 aromatic rings. The minimum atomic E-state index is -0.591. The van der Waals surface area contributed by atoms with Gasteiger partial charge in [0.15, 0.2) is 0 Å². The first kappa shape index (κ1) is 31.4. The molecule has 11 nitrogen and oxygen atoms in total. The van der Waals surface area contributed by atoms with Gasteiger partial charge in [-0.15, -0.1) is 0 Å². The molecule has 0 unspecified atom stereocenters. The van der Waals surface area contributed by atoms with Gasteiger partial charge in [0.25, 0.3) is 5.56 Å². The zero-order valence-corrected chi connectivity index (χ0v) is 26.2. The molecule has 1 fully saturated rings. The van der Waals surface area contributed by atoms with E-state index in [0.29, 0.717) is 37.7 Å². The number of hydrogen-bond acceptors (Lipinski definition) is 7. The fraction of sp³-hybridized carbons (Fsp3) is 0.533. The fourth-order valence-electron chi connectivity index (χ4n) is 5.68. The van der Waals surface area contributed by atoms with Gasteiger partial charge in [0.2, 0.25) is 0 Å². The van der Waals surface area contributed by atoms with Crippen LogP contribution in [0.2, 0.25) is 5.02 Å². The van der Waals surface area contributed by atoms with Crippen LogP contribution < -0.4 is 16.2 Å². The van der Waals surface area contributed by atoms with Gasteiger partial charge in [0.05, 0.1) is 28.1 Å². The van der Waals surface area contributed by atoms with Crippen LogP contribution in [0.5, 0.6) is 0 Å². The quantitative estimate of drug-likeness (QED) is 0.262. The van der Waals surface area contributed by atoms with Gasteiger partial charge in [-0.25, -0.2) is 9.89 Å². The largest absolute Gasteiger partial charge is 0.392 e. The Morgan fingerprint density at radius 1 is 1.29 bits per heavy atom. The number of fused-ring (bicyclic) bond motifs is 1. The smallest absolute Gasteiger partial charge is 0.317 e. The maximum absolute atomic E-state index is 13.2. The molecule has 228 valence electrons. The summed E-state index contributed by atoms with van der Waals surface area (Å²) in [4.78, 5) is 29.5. The van der Waals surface area contributed by atoms with Gasteiger partial charge in [-0.05, 0) is 69.2 Å². The molecule has 0 saturated carbocycles. The number of carbonyl (C=O) groups is 1. The number of aryl methyl sites for hydroxylation is 2. The van der Waals surface area contributed by atoms with E-state index in [1.165, 1.54) is 0 Å². The van der Waals surface area contributed by atoms with E-state index in [9.17, 15) is 9.59 Å². The highest BCUT2D eigenvalue weighted by Gasteiger charge is 2.30. The third-order valence-electron chi connectivity index (χ3n) is 8.21. The van der Waals surface area contributed by atoms with Crippen molar-refractivity contribution in [3.63, 3.8) is 0 Å². The van der Waals surface area contributed by atoms with Crippen molar-refractivity contribution in [2.45, 2.75) is 65.0 Å². The Kier molecular flexibility index (Phi) is 10.2. The van der Waals surface area contributed by atoms with E-state index in [2.05, 4.69) is 42.9 Å². The van der Waals surface area contributed by atoms with Crippen LogP contribution in [0.1, 0.15) is 61.9 Å². The van der Waals surface area contributed by atoms with Gasteiger partial charge < -0.3 is 25.2 Å². The number of amides is 2. The summed E-state index contributed by atoms with van der Waals surface area (Å²) in [6, 6.07) is 3.76. The number of methoxy groups -OCH3 is 1. The highest BCUT2D eigenvalue weighted by atomic mass is 35.5. The number of rotatable bonds is 11. The van der Waals surface area contributed by atoms with Crippen LogP contribution in [-0.4, -0.2) is 82.2 Å². The normalized spacial score (nSPS) is 14.8. The summed E-state index contributed by atoms with van der Waals surface area (Å²) >= 11 is 6.55. The van der Waals surface area contributed by atoms with E-state index in [4.69, 9.17) is 16.3 Å². The summed E-state index contributed by atoms with van der Waals surface area (Å²) in [5.74, 6) is 0.118. The lowest BCUT2D eigenvalue weighted by Crippen LogP contribution is -2.47. The lowest BCUT2D eigenvalue weighted by atomic mass is 9.90. The third-order valence-corrected chi connectivity index (χ3v) is 8.51. The molecule has 42 heavy (non-hydrogen) atoms. The number of aromatic nitrogens is 4. The Balaban J connectivity index is 1.48. The zero-order chi connectivity index (χ0) is 30.4. The molecule has 12 heteroatoms. The summed E-state index contributed by atoms with van der Waals surface area (Å²) in [5.41, 5.74) is 4.85. The SMILES string of the molecule is CCc1cc(Cl)c2[nH]ncc2c1CN(CCNC(=O)N1CCC(c2cc(C)n[nH]c2=O)CC1)/C(=C\NC)C(C)(C)OC. The summed E-state index contributed by atoms with van der Waals surface area (Å²) in [5, 5.41) is 21.8. The van der Waals surface area contributed by atoms with Crippen molar-refractivity contribution in [1.29, 1.82) is 0 Å². The Bertz CT molecular complexity index is 1470. The summed E-state index contributed by atoms with van der Waals surface area (Å²) in [6.07, 6.45) is 6.07. The van der Waals surface area contributed by atoms with Gasteiger partial charge in [0, 0.05) is 64.0 Å². The van der Waals surface area contributed by atoms with Crippen LogP contribution in [0.3, 0.4) is 0 Å². The van der Waals surface area contributed by atoms with E-state index >= 15 is 0 Å². The number of urea groups is 1. The predicted molar refractivity (Wildman–Crippen MR) is 166 cm³/mol. The number of ether oxygens (including phenoxy) is 1. The molecular formula is C30H43ClN8O3. The minimum absolute atomic E-state index is 0.101. The van der Waals surface area contributed by atoms with Crippen molar-refractivity contribution in [3.05, 3.63) is 68.0 Å². The van der Waals surface area contributed by atoms with Crippen molar-refractivity contribution in [2.75, 3.05) is 40.3 Å². The number of carbonyl (C=O) groups excluding carboxylic acids is 1. The van der Waals surface area contributed by atoms with Crippen LogP contribution in [-0.2, 0) is 17.7 Å². The van der Waals surface area contributed by atoms with Gasteiger partial charge in [0.1, 0.15) is 5.60 Å². The van der Waals surface area contributed by atoms with E-state index in [1.54, 1.807) is 7.11 Å². The number of nitrogens with zero attached hydrogens (tertiary/aromatic N) is 4. The maximum atomic E-state index is 13.2. The summed E-state index contributed by atoms with van der Waals surface area (Å²) in [6.45, 7) is 10.8. The van der Waals surface area contributed by atoms with Crippen LogP contribution in [0.25, 0.3) is 10.9 Å². The molecule has 4 N–H and O–H groups in total. The third kappa shape index (κ3) is 6.90. The van der Waals surface area contributed by atoms with Crippen LogP contribution in [0, 0.1) is 6.92 Å². The van der Waals surface area contributed by atoms with E-state index < -0.39 is 5.60 Å². The topological polar surface area (TPSA) is 131 Å². The number of hydrogen-bond donors (Lipinski definition) is 4. The Hall–Kier alpha value is -3.57. The number of H-pyrrole nitrogens is 2. The van der Waals surface area contributed by atoms with Crippen LogP contribution in [0.4, 0.5) is 4.79 Å². The van der Waals surface area contributed by atoms with Crippen LogP contribution >= 0.6 is 11.6 Å². The molecule has 0 spiro atoms. The fourth-order valence-corrected chi connectivity index (χ4v) is 5.96. The molecule has 0 radical (unpaired) electrons. The molecule has 0 aliphatic carbocycles. The monoisotopic (exact) mass is 598 g/mol. The zero-order valence-electron chi connectivity index (χ0n) is 25.4. The Morgan fingerprint density at radius 2 is 2.02 bits per heavy atom. The standard InChI is InChI=1S/C30H43ClN8O3/c1-7-20-15-25(31)27-23(16-34-36-27)24(20)18-39(26(17-32-5)30(3,4)42-6)13-10-33-29(41)38-11-8-21(9-12-38)22-14-19(2)35-37-28(22)40/h14-17,21,32H,7-13,18H2,1-6H3,(H,33,41)(H,34,36)(H,37,40)/b26-17-. The molecule has 1 aromatic carbocycles. The van der Waals surface area contributed by atoms with Crippen molar-refractivity contribution >= 4 is 28.5 Å². The van der Waals surface area contributed by atoms with Gasteiger partial charge in [-0.1, -0.05) is 18.5 Å². The molecular weight excluding hydrogens is 556 g/mol. The molecule has 2 aromatic heterocycles. The molecule has 1 aliphatic rings. The number of benzene rings is 1. The van der Waals surface area contributed by atoms with Crippen molar-refractivity contribution in [2.24, 2.45) is 0 Å². The number of likely N-dealkylation sites (tertiary alicyclic amines) is 1. The summed E-state index contributed by atoms with van der Waals surface area (Å²) in [7, 11) is 3.56. The molecule has 1 saturated heterocycles. The van der Waals surface area contributed by atoms with Gasteiger partial charge >= 0.3 is 6.03 Å². The van der Waals surface area contributed by atoms with Gasteiger partial charge in [-0.3, -0.25) is 9.89 Å². The molecule has 4 rings (SSSR count). The molecule has 3 heterocycles. The molecule has 0 bridgehead atoms.